The lowest BCUT2D eigenvalue weighted by Gasteiger charge is -2.26. The number of aliphatic imine (C=N–C) groups is 1. The number of amides is 6. The fraction of sp³-hybridized carbons (Fsp3) is 0.366. The van der Waals surface area contributed by atoms with Gasteiger partial charge in [-0.1, -0.05) is 48.5 Å². The monoisotopic (exact) mass is 905 g/mol. The van der Waals surface area contributed by atoms with Crippen LogP contribution >= 0.6 is 0 Å². The van der Waals surface area contributed by atoms with Gasteiger partial charge >= 0.3 is 5.97 Å². The number of aliphatic carboxylic acids is 1. The molecular weight excluding hydrogens is 855 g/mol. The third-order valence-corrected chi connectivity index (χ3v) is 10.5. The second-order valence-corrected chi connectivity index (χ2v) is 15.9. The average molecular weight is 906 g/mol. The zero-order valence-electron chi connectivity index (χ0n) is 34.6. The van der Waals surface area contributed by atoms with Gasteiger partial charge in [-0.15, -0.1) is 0 Å². The Kier molecular flexibility index (Phi) is 18.8. The van der Waals surface area contributed by atoms with Crippen molar-refractivity contribution >= 4 is 63.2 Å². The fourth-order valence-electron chi connectivity index (χ4n) is 6.37. The van der Waals surface area contributed by atoms with E-state index in [2.05, 4.69) is 47.1 Å². The molecule has 12 N–H and O–H groups in total. The summed E-state index contributed by atoms with van der Waals surface area (Å²) in [5.74, 6) is -6.26. The number of hydrogen-bond acceptors (Lipinski definition) is 12. The third kappa shape index (κ3) is 16.5. The van der Waals surface area contributed by atoms with Gasteiger partial charge in [0.05, 0.1) is 30.1 Å². The Morgan fingerprint density at radius 1 is 0.734 bits per heavy atom. The van der Waals surface area contributed by atoms with Crippen LogP contribution in [-0.2, 0) is 51.9 Å². The van der Waals surface area contributed by atoms with Crippen molar-refractivity contribution in [3.05, 3.63) is 95.6 Å². The maximum atomic E-state index is 14.0. The molecule has 3 aromatic carbocycles. The van der Waals surface area contributed by atoms with Gasteiger partial charge in [0.15, 0.2) is 5.96 Å². The highest BCUT2D eigenvalue weighted by molar-refractivity contribution is 7.85. The van der Waals surface area contributed by atoms with Gasteiger partial charge in [0, 0.05) is 25.1 Å². The number of carbonyl (C=O) groups excluding carboxylic acids is 6. The molecule has 4 rings (SSSR count). The molecule has 1 aliphatic heterocycles. The highest BCUT2D eigenvalue weighted by Crippen LogP contribution is 2.19. The molecule has 0 spiro atoms. The Hall–Kier alpha value is -7.27. The van der Waals surface area contributed by atoms with Gasteiger partial charge in [0.1, 0.15) is 24.2 Å². The molecule has 0 aromatic heterocycles. The number of guanidine groups is 1. The van der Waals surface area contributed by atoms with Gasteiger partial charge in [-0.2, -0.15) is 18.6 Å². The molecule has 1 aliphatic rings. The van der Waals surface area contributed by atoms with E-state index in [0.717, 1.165) is 0 Å². The topological polar surface area (TPSA) is 355 Å². The molecule has 6 amide bonds. The number of carbonyl (C=O) groups is 7. The van der Waals surface area contributed by atoms with E-state index in [0.29, 0.717) is 23.2 Å². The smallest absolute Gasteiger partial charge is 0.305 e. The van der Waals surface area contributed by atoms with Gasteiger partial charge in [-0.25, -0.2) is 0 Å². The number of azo groups is 1. The Bertz CT molecular complexity index is 2310. The number of rotatable bonds is 18. The van der Waals surface area contributed by atoms with Gasteiger partial charge < -0.3 is 48.5 Å². The Labute approximate surface area is 368 Å². The first-order valence-electron chi connectivity index (χ1n) is 20.1. The van der Waals surface area contributed by atoms with Crippen LogP contribution in [0, 0.1) is 0 Å². The molecule has 1 unspecified atom stereocenters. The highest BCUT2D eigenvalue weighted by atomic mass is 32.2. The van der Waals surface area contributed by atoms with E-state index in [9.17, 15) is 51.6 Å². The van der Waals surface area contributed by atoms with Crippen molar-refractivity contribution in [2.75, 3.05) is 19.6 Å². The zero-order chi connectivity index (χ0) is 46.6. The first-order valence-corrected chi connectivity index (χ1v) is 21.5. The second-order valence-electron chi connectivity index (χ2n) is 14.5. The lowest BCUT2D eigenvalue weighted by atomic mass is 10.0. The summed E-state index contributed by atoms with van der Waals surface area (Å²) in [6.45, 7) is -0.535. The molecule has 0 aliphatic carbocycles. The summed E-state index contributed by atoms with van der Waals surface area (Å²) in [4.78, 5) is 95.8. The van der Waals surface area contributed by atoms with Crippen LogP contribution < -0.4 is 43.4 Å². The fourth-order valence-corrected chi connectivity index (χ4v) is 7.09. The molecule has 0 radical (unpaired) electrons. The van der Waals surface area contributed by atoms with Crippen LogP contribution in [0.4, 0.5) is 5.69 Å². The van der Waals surface area contributed by atoms with E-state index in [4.69, 9.17) is 11.5 Å². The van der Waals surface area contributed by atoms with E-state index >= 15 is 0 Å². The van der Waals surface area contributed by atoms with E-state index in [-0.39, 0.29) is 68.2 Å². The average Bonchev–Trinajstić information content (AvgIpc) is 3.25. The van der Waals surface area contributed by atoms with E-state index < -0.39 is 88.7 Å². The number of nitrogens with two attached hydrogens (primary N) is 2. The minimum absolute atomic E-state index is 0.0103. The number of nitrogens with zero attached hydrogens (tertiary/aromatic N) is 3. The van der Waals surface area contributed by atoms with E-state index in [1.165, 1.54) is 42.5 Å². The summed E-state index contributed by atoms with van der Waals surface area (Å²) in [5.41, 5.74) is 12.4. The van der Waals surface area contributed by atoms with Crippen LogP contribution in [0.15, 0.2) is 99.0 Å². The second kappa shape index (κ2) is 24.4. The zero-order valence-corrected chi connectivity index (χ0v) is 35.4. The molecule has 0 bridgehead atoms. The summed E-state index contributed by atoms with van der Waals surface area (Å²) in [7, 11) is -4.45. The highest BCUT2D eigenvalue weighted by Gasteiger charge is 2.33. The molecule has 23 heteroatoms. The predicted molar refractivity (Wildman–Crippen MR) is 230 cm³/mol. The molecule has 342 valence electrons. The van der Waals surface area contributed by atoms with Crippen molar-refractivity contribution in [2.24, 2.45) is 26.7 Å². The summed E-state index contributed by atoms with van der Waals surface area (Å²) in [5, 5.41) is 32.9. The van der Waals surface area contributed by atoms with Gasteiger partial charge in [-0.3, -0.25) is 43.1 Å². The summed E-state index contributed by atoms with van der Waals surface area (Å²) < 4.78 is 32.7. The van der Waals surface area contributed by atoms with Crippen molar-refractivity contribution in [2.45, 2.75) is 80.6 Å². The number of carboxylic acids is 1. The first-order chi connectivity index (χ1) is 30.5. The number of nitrogens with one attached hydrogen (secondary N) is 6. The predicted octanol–water partition coefficient (Wildman–Crippen LogP) is -0.0427. The Balaban J connectivity index is 1.46. The van der Waals surface area contributed by atoms with Crippen LogP contribution in [-0.4, -0.2) is 109 Å². The summed E-state index contributed by atoms with van der Waals surface area (Å²) in [6, 6.07) is 15.0. The number of hydrogen-bond donors (Lipinski definition) is 10. The normalized spacial score (nSPS) is 18.9. The molecule has 4 atom stereocenters. The molecule has 22 nitrogen and oxygen atoms in total. The van der Waals surface area contributed by atoms with Crippen molar-refractivity contribution in [1.82, 2.24) is 31.9 Å². The third-order valence-electron chi connectivity index (χ3n) is 9.59. The molecular formula is C41H51N11O11S. The molecule has 0 saturated carbocycles. The van der Waals surface area contributed by atoms with Crippen molar-refractivity contribution in [3.63, 3.8) is 0 Å². The summed E-state index contributed by atoms with van der Waals surface area (Å²) >= 11 is 0. The van der Waals surface area contributed by atoms with Crippen molar-refractivity contribution in [1.29, 1.82) is 0 Å². The van der Waals surface area contributed by atoms with Gasteiger partial charge in [0.2, 0.25) is 29.5 Å². The number of carboxylic acid groups (broad SMARTS) is 1. The van der Waals surface area contributed by atoms with E-state index in [1.54, 1.807) is 36.4 Å². The summed E-state index contributed by atoms with van der Waals surface area (Å²) in [6.07, 6.45) is -0.0630. The van der Waals surface area contributed by atoms with Crippen LogP contribution in [0.3, 0.4) is 0 Å². The molecule has 1 saturated heterocycles. The maximum Gasteiger partial charge on any atom is 0.305 e. The molecule has 64 heavy (non-hydrogen) atoms. The molecule has 1 fully saturated rings. The minimum atomic E-state index is -4.45. The van der Waals surface area contributed by atoms with Crippen LogP contribution in [0.25, 0.3) is 0 Å². The standard InChI is InChI=1S/C41H51N11O11S/c42-41(43)45-20-8-13-29-38(58)49-30(12-6-7-19-44-36(56)26-15-17-28(18-16-26)52-47-23-27-11-4-5-14-33(27)64(61,62)63)39(59)50-31(21-25-9-2-1-3-10-25)40(60)51-32(22-35(54)55)37(57)46-24-34(53)48-29/h1-5,9-11,14-18,29-32H,6-8,12-13,19-24H2,(H,44,56)(H,46,57)(H,48,53)(H,49,58)(H,50,59)(H,51,60)(H,54,55)(H4,42,43,45)(H,61,62,63)/t29?,30-,31-,32-/m1/s1. The van der Waals surface area contributed by atoms with Crippen molar-refractivity contribution in [3.8, 4) is 0 Å². The molecule has 1 heterocycles. The largest absolute Gasteiger partial charge is 0.481 e. The SMILES string of the molecule is NC(N)=NCCCC1NC(=O)CNC(=O)[C@@H](CC(=O)O)NC(=O)[C@@H](Cc2ccccc2)NC(=O)[C@@H](CCCCNC(=O)c2ccc(N=NCc3ccccc3S(=O)(=O)O)cc2)NC1=O. The lowest BCUT2D eigenvalue weighted by Crippen LogP contribution is -2.58. The maximum absolute atomic E-state index is 14.0. The van der Waals surface area contributed by atoms with E-state index in [1.807, 2.05) is 0 Å². The molecule has 3 aromatic rings. The van der Waals surface area contributed by atoms with Crippen molar-refractivity contribution < 1.29 is 51.6 Å². The number of benzene rings is 3. The van der Waals surface area contributed by atoms with Crippen LogP contribution in [0.2, 0.25) is 0 Å². The quantitative estimate of drug-likeness (QED) is 0.0264. The van der Waals surface area contributed by atoms with Crippen LogP contribution in [0.5, 0.6) is 0 Å². The number of unbranched alkanes of at least 4 members (excludes halogenated alkanes) is 1. The minimum Gasteiger partial charge on any atom is -0.481 e. The first kappa shape index (κ1) is 49.4. The Morgan fingerprint density at radius 3 is 2.02 bits per heavy atom. The van der Waals surface area contributed by atoms with Gasteiger partial charge in [0.25, 0.3) is 16.0 Å². The lowest BCUT2D eigenvalue weighted by molar-refractivity contribution is -0.141. The van der Waals surface area contributed by atoms with Gasteiger partial charge in [-0.05, 0) is 73.6 Å². The van der Waals surface area contributed by atoms with Crippen LogP contribution in [0.1, 0.15) is 60.0 Å². The Morgan fingerprint density at radius 2 is 1.34 bits per heavy atom.